The van der Waals surface area contributed by atoms with Crippen molar-refractivity contribution in [3.63, 3.8) is 0 Å². The summed E-state index contributed by atoms with van der Waals surface area (Å²) in [6.07, 6.45) is 0.826. The van der Waals surface area contributed by atoms with Gasteiger partial charge in [0, 0.05) is 43.9 Å². The molecule has 2 aromatic carbocycles. The fourth-order valence-corrected chi connectivity index (χ4v) is 3.34. The molecule has 4 nitrogen and oxygen atoms in total. The van der Waals surface area contributed by atoms with Crippen molar-refractivity contribution in [1.29, 1.82) is 0 Å². The third kappa shape index (κ3) is 5.19. The molecule has 0 aliphatic carbocycles. The van der Waals surface area contributed by atoms with E-state index in [9.17, 15) is 5.11 Å². The van der Waals surface area contributed by atoms with Crippen molar-refractivity contribution >= 4 is 11.6 Å². The normalized spacial score (nSPS) is 19.1. The highest BCUT2D eigenvalue weighted by Crippen LogP contribution is 2.24. The first-order valence-corrected chi connectivity index (χ1v) is 9.07. The molecule has 1 aliphatic heterocycles. The van der Waals surface area contributed by atoms with Crippen molar-refractivity contribution in [2.45, 2.75) is 19.0 Å². The fourth-order valence-electron chi connectivity index (χ4n) is 3.22. The molecule has 1 fully saturated rings. The minimum Gasteiger partial charge on any atom is -0.457 e. The molecule has 2 aromatic rings. The highest BCUT2D eigenvalue weighted by atomic mass is 35.5. The minimum atomic E-state index is 0.243. The number of benzene rings is 2. The lowest BCUT2D eigenvalue weighted by Crippen LogP contribution is -2.51. The highest BCUT2D eigenvalue weighted by Gasteiger charge is 2.23. The molecule has 0 aromatic heterocycles. The van der Waals surface area contributed by atoms with Gasteiger partial charge in [-0.05, 0) is 55.4 Å². The van der Waals surface area contributed by atoms with Gasteiger partial charge in [-0.3, -0.25) is 4.90 Å². The van der Waals surface area contributed by atoms with Crippen LogP contribution in [0.5, 0.6) is 11.5 Å². The number of piperazine rings is 1. The van der Waals surface area contributed by atoms with Crippen LogP contribution in [0.1, 0.15) is 12.0 Å². The number of aliphatic hydroxyl groups excluding tert-OH is 1. The van der Waals surface area contributed by atoms with E-state index in [0.29, 0.717) is 11.1 Å². The van der Waals surface area contributed by atoms with Crippen LogP contribution in [-0.2, 0) is 6.54 Å². The maximum atomic E-state index is 9.24. The monoisotopic (exact) mass is 360 g/mol. The van der Waals surface area contributed by atoms with Crippen molar-refractivity contribution in [3.8, 4) is 11.5 Å². The van der Waals surface area contributed by atoms with E-state index < -0.39 is 0 Å². The quantitative estimate of drug-likeness (QED) is 0.853. The summed E-state index contributed by atoms with van der Waals surface area (Å²) >= 11 is 5.91. The van der Waals surface area contributed by atoms with Crippen molar-refractivity contribution in [1.82, 2.24) is 9.80 Å². The first-order valence-electron chi connectivity index (χ1n) is 8.70. The van der Waals surface area contributed by atoms with E-state index in [-0.39, 0.29) is 6.61 Å². The Bertz CT molecular complexity index is 678. The molecule has 1 N–H and O–H groups in total. The zero-order chi connectivity index (χ0) is 17.6. The van der Waals surface area contributed by atoms with Gasteiger partial charge in [0.15, 0.2) is 0 Å². The Morgan fingerprint density at radius 1 is 1.12 bits per heavy atom. The summed E-state index contributed by atoms with van der Waals surface area (Å²) in [5.74, 6) is 1.62. The standard InChI is InChI=1S/C20H25ClN2O2/c1-22-10-11-23(15-18(22)9-12-24)14-16-3-2-4-20(13-16)25-19-7-5-17(21)6-8-19/h2-8,13,18,24H,9-12,14-15H2,1H3/t18-/m0/s1. The molecule has 0 bridgehead atoms. The minimum absolute atomic E-state index is 0.243. The van der Waals surface area contributed by atoms with Crippen LogP contribution in [0.2, 0.25) is 5.02 Å². The predicted octanol–water partition coefficient (Wildman–Crippen LogP) is 3.63. The van der Waals surface area contributed by atoms with Gasteiger partial charge in [0.25, 0.3) is 0 Å². The van der Waals surface area contributed by atoms with Crippen LogP contribution in [0.3, 0.4) is 0 Å². The maximum Gasteiger partial charge on any atom is 0.127 e. The summed E-state index contributed by atoms with van der Waals surface area (Å²) in [5.41, 5.74) is 1.23. The lowest BCUT2D eigenvalue weighted by molar-refractivity contribution is 0.0743. The highest BCUT2D eigenvalue weighted by molar-refractivity contribution is 6.30. The van der Waals surface area contributed by atoms with Crippen molar-refractivity contribution in [3.05, 3.63) is 59.1 Å². The third-order valence-electron chi connectivity index (χ3n) is 4.68. The molecule has 1 saturated heterocycles. The number of halogens is 1. The van der Waals surface area contributed by atoms with Gasteiger partial charge in [0.05, 0.1) is 0 Å². The number of rotatable bonds is 6. The molecule has 1 atom stereocenters. The van der Waals surface area contributed by atoms with E-state index in [4.69, 9.17) is 16.3 Å². The third-order valence-corrected chi connectivity index (χ3v) is 4.93. The van der Waals surface area contributed by atoms with E-state index >= 15 is 0 Å². The average Bonchev–Trinajstić information content (AvgIpc) is 2.60. The Kier molecular flexibility index (Phi) is 6.32. The Morgan fingerprint density at radius 2 is 1.92 bits per heavy atom. The summed E-state index contributed by atoms with van der Waals surface area (Å²) in [6, 6.07) is 16.0. The number of likely N-dealkylation sites (N-methyl/N-ethyl adjacent to an activating group) is 1. The van der Waals surface area contributed by atoms with Gasteiger partial charge in [-0.1, -0.05) is 23.7 Å². The second kappa shape index (κ2) is 8.68. The Labute approximate surface area is 154 Å². The predicted molar refractivity (Wildman–Crippen MR) is 101 cm³/mol. The number of hydrogen-bond donors (Lipinski definition) is 1. The Morgan fingerprint density at radius 3 is 2.68 bits per heavy atom. The number of nitrogens with zero attached hydrogens (tertiary/aromatic N) is 2. The van der Waals surface area contributed by atoms with Gasteiger partial charge in [0.2, 0.25) is 0 Å². The molecule has 0 saturated carbocycles. The molecule has 0 unspecified atom stereocenters. The van der Waals surface area contributed by atoms with Crippen LogP contribution in [0.25, 0.3) is 0 Å². The molecular formula is C20H25ClN2O2. The lowest BCUT2D eigenvalue weighted by atomic mass is 10.1. The van der Waals surface area contributed by atoms with Gasteiger partial charge >= 0.3 is 0 Å². The molecule has 1 heterocycles. The van der Waals surface area contributed by atoms with Crippen LogP contribution >= 0.6 is 11.6 Å². The summed E-state index contributed by atoms with van der Waals surface area (Å²) in [4.78, 5) is 4.79. The summed E-state index contributed by atoms with van der Waals surface area (Å²) in [5, 5.41) is 9.94. The van der Waals surface area contributed by atoms with E-state index in [1.807, 2.05) is 36.4 Å². The van der Waals surface area contributed by atoms with Crippen LogP contribution in [0.15, 0.2) is 48.5 Å². The fraction of sp³-hybridized carbons (Fsp3) is 0.400. The SMILES string of the molecule is CN1CCN(Cc2cccc(Oc3ccc(Cl)cc3)c2)C[C@@H]1CCO. The van der Waals surface area contributed by atoms with Crippen LogP contribution in [-0.4, -0.2) is 54.2 Å². The molecule has 3 rings (SSSR count). The molecule has 134 valence electrons. The second-order valence-electron chi connectivity index (χ2n) is 6.59. The largest absolute Gasteiger partial charge is 0.457 e. The molecule has 0 spiro atoms. The van der Waals surface area contributed by atoms with Gasteiger partial charge in [-0.2, -0.15) is 0 Å². The second-order valence-corrected chi connectivity index (χ2v) is 7.02. The summed E-state index contributed by atoms with van der Waals surface area (Å²) in [7, 11) is 2.14. The molecule has 0 radical (unpaired) electrons. The molecule has 25 heavy (non-hydrogen) atoms. The molecule has 0 amide bonds. The van der Waals surface area contributed by atoms with E-state index in [0.717, 1.165) is 44.1 Å². The number of ether oxygens (including phenoxy) is 1. The topological polar surface area (TPSA) is 35.9 Å². The maximum absolute atomic E-state index is 9.24. The average molecular weight is 361 g/mol. The number of aliphatic hydroxyl groups is 1. The summed E-state index contributed by atoms with van der Waals surface area (Å²) < 4.78 is 5.92. The molecule has 1 aliphatic rings. The first kappa shape index (κ1) is 18.2. The Balaban J connectivity index is 1.62. The smallest absolute Gasteiger partial charge is 0.127 e. The first-order chi connectivity index (χ1) is 12.1. The van der Waals surface area contributed by atoms with Gasteiger partial charge in [0.1, 0.15) is 11.5 Å². The van der Waals surface area contributed by atoms with Crippen LogP contribution in [0, 0.1) is 0 Å². The molecule has 5 heteroatoms. The van der Waals surface area contributed by atoms with Gasteiger partial charge in [-0.15, -0.1) is 0 Å². The Hall–Kier alpha value is -1.59. The van der Waals surface area contributed by atoms with E-state index in [1.54, 1.807) is 0 Å². The van der Waals surface area contributed by atoms with Gasteiger partial charge < -0.3 is 14.7 Å². The van der Waals surface area contributed by atoms with Crippen LogP contribution in [0.4, 0.5) is 0 Å². The molecular weight excluding hydrogens is 336 g/mol. The van der Waals surface area contributed by atoms with Crippen molar-refractivity contribution in [2.75, 3.05) is 33.3 Å². The summed E-state index contributed by atoms with van der Waals surface area (Å²) in [6.45, 7) is 4.20. The van der Waals surface area contributed by atoms with E-state index in [1.165, 1.54) is 5.56 Å². The zero-order valence-electron chi connectivity index (χ0n) is 14.6. The van der Waals surface area contributed by atoms with Crippen LogP contribution < -0.4 is 4.74 Å². The zero-order valence-corrected chi connectivity index (χ0v) is 15.3. The van der Waals surface area contributed by atoms with Crippen molar-refractivity contribution in [2.24, 2.45) is 0 Å². The van der Waals surface area contributed by atoms with Gasteiger partial charge in [-0.25, -0.2) is 0 Å². The number of hydrogen-bond acceptors (Lipinski definition) is 4. The van der Waals surface area contributed by atoms with E-state index in [2.05, 4.69) is 29.0 Å². The lowest BCUT2D eigenvalue weighted by Gasteiger charge is -2.39. The van der Waals surface area contributed by atoms with Crippen molar-refractivity contribution < 1.29 is 9.84 Å².